The van der Waals surface area contributed by atoms with Crippen LogP contribution in [0.25, 0.3) is 0 Å². The molecule has 1 heterocycles. The quantitative estimate of drug-likeness (QED) is 0.339. The third-order valence-electron chi connectivity index (χ3n) is 4.08. The average Bonchev–Trinajstić information content (AvgIpc) is 2.70. The average molecular weight is 524 g/mol. The van der Waals surface area contributed by atoms with Gasteiger partial charge in [-0.3, -0.25) is 0 Å². The molecule has 0 radical (unpaired) electrons. The van der Waals surface area contributed by atoms with Gasteiger partial charge in [0.1, 0.15) is 0 Å². The maximum absolute atomic E-state index is 13.8. The summed E-state index contributed by atoms with van der Waals surface area (Å²) in [6.45, 7) is 0. The highest BCUT2D eigenvalue weighted by atomic mass is 19.4. The van der Waals surface area contributed by atoms with Gasteiger partial charge in [-0.05, 0) is 25.7 Å². The Morgan fingerprint density at radius 2 is 1.00 bits per heavy atom. The number of oxime groups is 1. The van der Waals surface area contributed by atoms with Gasteiger partial charge in [-0.2, -0.15) is 35.1 Å². The Hall–Kier alpha value is -2.76. The van der Waals surface area contributed by atoms with Gasteiger partial charge in [0.2, 0.25) is 0 Å². The van der Waals surface area contributed by atoms with E-state index < -0.39 is 54.9 Å². The molecule has 1 aliphatic rings. The van der Waals surface area contributed by atoms with E-state index in [1.54, 1.807) is 0 Å². The standard InChI is InChI=1S/C15H12F12N4O3/c16-7(17)12(20,14(22,23)24)32-9-28-10(33-13(21,8(18)19)15(25,26)27)30-11(29-9)34-31-6-4-2-1-3-5-6/h7-8H,1-5H2. The number of alkyl halides is 12. The first kappa shape index (κ1) is 27.5. The monoisotopic (exact) mass is 524 g/mol. The smallest absolute Gasteiger partial charge is 0.412 e. The van der Waals surface area contributed by atoms with Crippen LogP contribution in [0.3, 0.4) is 0 Å². The van der Waals surface area contributed by atoms with Crippen molar-refractivity contribution in [2.75, 3.05) is 0 Å². The topological polar surface area (TPSA) is 78.7 Å². The van der Waals surface area contributed by atoms with Crippen molar-refractivity contribution < 1.29 is 67.0 Å². The number of hydrogen-bond donors (Lipinski definition) is 0. The molecule has 0 spiro atoms. The first-order chi connectivity index (χ1) is 15.5. The fourth-order valence-corrected chi connectivity index (χ4v) is 2.33. The Bertz CT molecular complexity index is 821. The minimum atomic E-state index is -6.45. The predicted octanol–water partition coefficient (Wildman–Crippen LogP) is 5.31. The molecule has 1 fully saturated rings. The number of nitrogens with zero attached hydrogens (tertiary/aromatic N) is 4. The minimum Gasteiger partial charge on any atom is -0.412 e. The molecule has 0 aliphatic heterocycles. The molecule has 194 valence electrons. The zero-order valence-corrected chi connectivity index (χ0v) is 16.2. The second kappa shape index (κ2) is 9.85. The summed E-state index contributed by atoms with van der Waals surface area (Å²) in [5.41, 5.74) is 0.294. The lowest BCUT2D eigenvalue weighted by Gasteiger charge is -2.27. The SMILES string of the molecule is FC(F)C(F)(Oc1nc(ON=C2CCCCC2)nc(OC(F)(C(F)F)C(F)(F)F)n1)C(F)(F)F. The largest absolute Gasteiger partial charge is 0.466 e. The summed E-state index contributed by atoms with van der Waals surface area (Å²) in [5.74, 6) is -11.6. The predicted molar refractivity (Wildman–Crippen MR) is 84.0 cm³/mol. The molecule has 1 saturated carbocycles. The molecule has 2 atom stereocenters. The van der Waals surface area contributed by atoms with Crippen molar-refractivity contribution in [3.05, 3.63) is 0 Å². The first-order valence-electron chi connectivity index (χ1n) is 8.94. The van der Waals surface area contributed by atoms with Crippen molar-refractivity contribution in [3.8, 4) is 18.0 Å². The molecule has 19 heteroatoms. The number of hydrogen-bond acceptors (Lipinski definition) is 7. The summed E-state index contributed by atoms with van der Waals surface area (Å²) in [6.07, 6.45) is -20.1. The molecule has 1 aliphatic carbocycles. The van der Waals surface area contributed by atoms with Gasteiger partial charge < -0.3 is 14.3 Å². The van der Waals surface area contributed by atoms with Gasteiger partial charge in [-0.25, -0.2) is 17.6 Å². The third kappa shape index (κ3) is 6.02. The molecular weight excluding hydrogens is 512 g/mol. The van der Waals surface area contributed by atoms with Gasteiger partial charge in [0.05, 0.1) is 5.71 Å². The lowest BCUT2D eigenvalue weighted by molar-refractivity contribution is -0.344. The maximum atomic E-state index is 13.8. The van der Waals surface area contributed by atoms with Gasteiger partial charge in [-0.1, -0.05) is 11.6 Å². The summed E-state index contributed by atoms with van der Waals surface area (Å²) in [7, 11) is 0. The molecule has 7 nitrogen and oxygen atoms in total. The van der Waals surface area contributed by atoms with E-state index in [9.17, 15) is 52.7 Å². The number of halogens is 12. The van der Waals surface area contributed by atoms with E-state index in [0.29, 0.717) is 31.4 Å². The molecular formula is C15H12F12N4O3. The highest BCUT2D eigenvalue weighted by Gasteiger charge is 2.68. The Labute approximate surface area is 181 Å². The van der Waals surface area contributed by atoms with Crippen LogP contribution in [0.15, 0.2) is 5.16 Å². The van der Waals surface area contributed by atoms with E-state index in [4.69, 9.17) is 0 Å². The van der Waals surface area contributed by atoms with Crippen molar-refractivity contribution in [2.24, 2.45) is 5.16 Å². The van der Waals surface area contributed by atoms with Crippen molar-refractivity contribution in [2.45, 2.75) is 69.0 Å². The molecule has 0 aromatic carbocycles. The zero-order valence-electron chi connectivity index (χ0n) is 16.2. The van der Waals surface area contributed by atoms with E-state index in [1.165, 1.54) is 0 Å². The second-order valence-corrected chi connectivity index (χ2v) is 6.58. The molecule has 0 saturated heterocycles. The molecule has 2 rings (SSSR count). The van der Waals surface area contributed by atoms with E-state index in [1.807, 2.05) is 0 Å². The lowest BCUT2D eigenvalue weighted by Crippen LogP contribution is -2.53. The van der Waals surface area contributed by atoms with Crippen molar-refractivity contribution in [3.63, 3.8) is 0 Å². The first-order valence-corrected chi connectivity index (χ1v) is 8.94. The van der Waals surface area contributed by atoms with Crippen LogP contribution in [0.2, 0.25) is 0 Å². The van der Waals surface area contributed by atoms with E-state index in [-0.39, 0.29) is 0 Å². The normalized spacial score (nSPS) is 18.9. The summed E-state index contributed by atoms with van der Waals surface area (Å²) in [5, 5.41) is 3.42. The summed E-state index contributed by atoms with van der Waals surface area (Å²) in [6, 6.07) is -5.79. The fourth-order valence-electron chi connectivity index (χ4n) is 2.33. The third-order valence-corrected chi connectivity index (χ3v) is 4.08. The molecule has 34 heavy (non-hydrogen) atoms. The van der Waals surface area contributed by atoms with Crippen LogP contribution in [-0.4, -0.2) is 57.6 Å². The summed E-state index contributed by atoms with van der Waals surface area (Å²) in [4.78, 5) is 12.6. The Kier molecular flexibility index (Phi) is 7.96. The van der Waals surface area contributed by atoms with Gasteiger partial charge in [-0.15, -0.1) is 15.0 Å². The molecule has 0 bridgehead atoms. The van der Waals surface area contributed by atoms with Crippen molar-refractivity contribution >= 4 is 5.71 Å². The maximum Gasteiger partial charge on any atom is 0.466 e. The van der Waals surface area contributed by atoms with Crippen molar-refractivity contribution in [1.29, 1.82) is 0 Å². The highest BCUT2D eigenvalue weighted by Crippen LogP contribution is 2.42. The van der Waals surface area contributed by atoms with Crippen LogP contribution in [0, 0.1) is 0 Å². The number of aromatic nitrogens is 3. The highest BCUT2D eigenvalue weighted by molar-refractivity contribution is 5.84. The molecule has 1 aromatic rings. The minimum absolute atomic E-state index is 0.294. The van der Waals surface area contributed by atoms with E-state index in [0.717, 1.165) is 6.42 Å². The summed E-state index contributed by atoms with van der Waals surface area (Å²) >= 11 is 0. The molecule has 0 N–H and O–H groups in total. The van der Waals surface area contributed by atoms with Crippen LogP contribution in [0.4, 0.5) is 52.7 Å². The summed E-state index contributed by atoms with van der Waals surface area (Å²) < 4.78 is 162. The Morgan fingerprint density at radius 1 is 0.618 bits per heavy atom. The Balaban J connectivity index is 2.50. The molecule has 1 aromatic heterocycles. The lowest BCUT2D eigenvalue weighted by atomic mass is 9.99. The van der Waals surface area contributed by atoms with Crippen LogP contribution in [-0.2, 0) is 0 Å². The second-order valence-electron chi connectivity index (χ2n) is 6.58. The van der Waals surface area contributed by atoms with Crippen LogP contribution in [0.5, 0.6) is 18.0 Å². The van der Waals surface area contributed by atoms with Crippen LogP contribution < -0.4 is 14.3 Å². The van der Waals surface area contributed by atoms with Gasteiger partial charge in [0, 0.05) is 0 Å². The van der Waals surface area contributed by atoms with Crippen molar-refractivity contribution in [1.82, 2.24) is 15.0 Å². The van der Waals surface area contributed by atoms with Gasteiger partial charge >= 0.3 is 54.9 Å². The van der Waals surface area contributed by atoms with Gasteiger partial charge in [0.25, 0.3) is 0 Å². The number of rotatable bonds is 8. The number of ether oxygens (including phenoxy) is 2. The van der Waals surface area contributed by atoms with E-state index in [2.05, 4.69) is 34.4 Å². The van der Waals surface area contributed by atoms with Gasteiger partial charge in [0.15, 0.2) is 0 Å². The zero-order chi connectivity index (χ0) is 25.9. The van der Waals surface area contributed by atoms with Crippen LogP contribution in [0.1, 0.15) is 32.1 Å². The van der Waals surface area contributed by atoms with E-state index >= 15 is 0 Å². The van der Waals surface area contributed by atoms with Crippen LogP contribution >= 0.6 is 0 Å². The Morgan fingerprint density at radius 3 is 1.35 bits per heavy atom. The molecule has 0 amide bonds. The molecule has 2 unspecified atom stereocenters. The fraction of sp³-hybridized carbons (Fsp3) is 0.733.